The number of benzene rings is 2. The number of anilines is 3. The maximum atomic E-state index is 9.10. The third kappa shape index (κ3) is 4.17. The summed E-state index contributed by atoms with van der Waals surface area (Å²) in [6, 6.07) is 24.9. The zero-order valence-corrected chi connectivity index (χ0v) is 15.0. The summed E-state index contributed by atoms with van der Waals surface area (Å²) in [6.45, 7) is 0.515. The second-order valence-electron chi connectivity index (χ2n) is 6.08. The van der Waals surface area contributed by atoms with Crippen molar-refractivity contribution in [1.29, 1.82) is 5.26 Å². The summed E-state index contributed by atoms with van der Waals surface area (Å²) in [5, 5.41) is 15.6. The van der Waals surface area contributed by atoms with Gasteiger partial charge in [0.15, 0.2) is 0 Å². The molecule has 0 unspecified atom stereocenters. The third-order valence-corrected chi connectivity index (χ3v) is 4.07. The zero-order chi connectivity index (χ0) is 19.2. The summed E-state index contributed by atoms with van der Waals surface area (Å²) >= 11 is 0. The molecule has 0 aliphatic heterocycles. The van der Waals surface area contributed by atoms with Crippen molar-refractivity contribution in [3.63, 3.8) is 0 Å². The highest BCUT2D eigenvalue weighted by Gasteiger charge is 2.08. The molecular formula is C22H17N5O. The van der Waals surface area contributed by atoms with E-state index >= 15 is 0 Å². The Labute approximate surface area is 162 Å². The topological polar surface area (TPSA) is 86.8 Å². The fraction of sp³-hybridized carbons (Fsp3) is 0.0455. The molecule has 6 nitrogen and oxygen atoms in total. The summed E-state index contributed by atoms with van der Waals surface area (Å²) < 4.78 is 5.37. The molecule has 0 atom stereocenters. The third-order valence-electron chi connectivity index (χ3n) is 4.07. The summed E-state index contributed by atoms with van der Waals surface area (Å²) in [6.07, 6.45) is 1.64. The number of hydrogen-bond acceptors (Lipinski definition) is 6. The first kappa shape index (κ1) is 17.3. The lowest BCUT2D eigenvalue weighted by Crippen LogP contribution is -2.05. The molecule has 136 valence electrons. The minimum atomic E-state index is 0.443. The van der Waals surface area contributed by atoms with Crippen molar-refractivity contribution in [2.75, 3.05) is 10.6 Å². The Morgan fingerprint density at radius 1 is 0.929 bits per heavy atom. The Bertz CT molecular complexity index is 1100. The van der Waals surface area contributed by atoms with Crippen LogP contribution in [0.25, 0.3) is 11.3 Å². The largest absolute Gasteiger partial charge is 0.467 e. The van der Waals surface area contributed by atoms with E-state index in [1.54, 1.807) is 18.4 Å². The predicted molar refractivity (Wildman–Crippen MR) is 108 cm³/mol. The molecule has 0 saturated carbocycles. The second-order valence-corrected chi connectivity index (χ2v) is 6.08. The molecule has 0 aliphatic carbocycles. The van der Waals surface area contributed by atoms with E-state index in [4.69, 9.17) is 9.68 Å². The maximum Gasteiger partial charge on any atom is 0.229 e. The van der Waals surface area contributed by atoms with Crippen molar-refractivity contribution in [1.82, 2.24) is 9.97 Å². The molecule has 0 aliphatic rings. The van der Waals surface area contributed by atoms with Crippen LogP contribution < -0.4 is 10.6 Å². The molecule has 0 radical (unpaired) electrons. The van der Waals surface area contributed by atoms with Gasteiger partial charge >= 0.3 is 0 Å². The van der Waals surface area contributed by atoms with Crippen molar-refractivity contribution < 1.29 is 4.42 Å². The number of nitrogens with one attached hydrogen (secondary N) is 2. The number of aromatic nitrogens is 2. The molecule has 6 heteroatoms. The molecule has 28 heavy (non-hydrogen) atoms. The van der Waals surface area contributed by atoms with Crippen LogP contribution in [0.2, 0.25) is 0 Å². The number of rotatable bonds is 6. The van der Waals surface area contributed by atoms with Gasteiger partial charge in [-0.1, -0.05) is 36.4 Å². The fourth-order valence-electron chi connectivity index (χ4n) is 2.74. The van der Waals surface area contributed by atoms with Gasteiger partial charge in [0.25, 0.3) is 0 Å². The number of nitrogens with zero attached hydrogens (tertiary/aromatic N) is 3. The summed E-state index contributed by atoms with van der Waals surface area (Å²) in [5.74, 6) is 1.93. The minimum Gasteiger partial charge on any atom is -0.467 e. The molecule has 0 saturated heterocycles. The van der Waals surface area contributed by atoms with Crippen LogP contribution >= 0.6 is 0 Å². The molecule has 2 heterocycles. The number of furan rings is 1. The Morgan fingerprint density at radius 2 is 1.82 bits per heavy atom. The first-order chi connectivity index (χ1) is 13.8. The van der Waals surface area contributed by atoms with E-state index in [9.17, 15) is 0 Å². The van der Waals surface area contributed by atoms with Crippen LogP contribution in [0.4, 0.5) is 17.5 Å². The van der Waals surface area contributed by atoms with Crippen LogP contribution in [-0.2, 0) is 6.54 Å². The van der Waals surface area contributed by atoms with E-state index in [0.29, 0.717) is 23.9 Å². The average Bonchev–Trinajstić information content (AvgIpc) is 3.27. The van der Waals surface area contributed by atoms with Crippen molar-refractivity contribution in [3.05, 3.63) is 90.4 Å². The van der Waals surface area contributed by atoms with Gasteiger partial charge in [-0.05, 0) is 30.3 Å². The van der Waals surface area contributed by atoms with Gasteiger partial charge in [-0.2, -0.15) is 10.2 Å². The van der Waals surface area contributed by atoms with Gasteiger partial charge in [0, 0.05) is 17.3 Å². The lowest BCUT2D eigenvalue weighted by atomic mass is 10.1. The van der Waals surface area contributed by atoms with E-state index in [1.807, 2.05) is 60.7 Å². The van der Waals surface area contributed by atoms with Crippen molar-refractivity contribution >= 4 is 17.5 Å². The molecule has 0 spiro atoms. The average molecular weight is 367 g/mol. The number of hydrogen-bond donors (Lipinski definition) is 2. The van der Waals surface area contributed by atoms with Crippen LogP contribution in [0.3, 0.4) is 0 Å². The summed E-state index contributed by atoms with van der Waals surface area (Å²) in [7, 11) is 0. The van der Waals surface area contributed by atoms with E-state index < -0.39 is 0 Å². The zero-order valence-electron chi connectivity index (χ0n) is 15.0. The lowest BCUT2D eigenvalue weighted by molar-refractivity contribution is 0.518. The van der Waals surface area contributed by atoms with Gasteiger partial charge in [-0.15, -0.1) is 0 Å². The predicted octanol–water partition coefficient (Wildman–Crippen LogP) is 4.96. The molecule has 0 amide bonds. The standard InChI is InChI=1S/C22H17N5O/c23-14-16-6-4-9-18(12-16)25-22-26-20(17-7-2-1-3-8-17)13-21(27-22)24-15-19-10-5-11-28-19/h1-13H,15H2,(H2,24,25,26,27). The fourth-order valence-corrected chi connectivity index (χ4v) is 2.74. The van der Waals surface area contributed by atoms with E-state index in [1.165, 1.54) is 0 Å². The van der Waals surface area contributed by atoms with Gasteiger partial charge in [0.05, 0.1) is 30.1 Å². The van der Waals surface area contributed by atoms with E-state index in [2.05, 4.69) is 26.7 Å². The Balaban J connectivity index is 1.65. The van der Waals surface area contributed by atoms with Crippen molar-refractivity contribution in [2.24, 2.45) is 0 Å². The lowest BCUT2D eigenvalue weighted by Gasteiger charge is -2.11. The van der Waals surface area contributed by atoms with Crippen LogP contribution in [0.1, 0.15) is 11.3 Å². The van der Waals surface area contributed by atoms with Gasteiger partial charge < -0.3 is 15.1 Å². The van der Waals surface area contributed by atoms with Crippen LogP contribution in [0.15, 0.2) is 83.5 Å². The monoisotopic (exact) mass is 367 g/mol. The van der Waals surface area contributed by atoms with Crippen molar-refractivity contribution in [3.8, 4) is 17.3 Å². The molecule has 2 aromatic heterocycles. The first-order valence-corrected chi connectivity index (χ1v) is 8.78. The van der Waals surface area contributed by atoms with Crippen LogP contribution in [-0.4, -0.2) is 9.97 Å². The van der Waals surface area contributed by atoms with Crippen LogP contribution in [0.5, 0.6) is 0 Å². The molecule has 4 aromatic rings. The van der Waals surface area contributed by atoms with Gasteiger partial charge in [0.2, 0.25) is 5.95 Å². The first-order valence-electron chi connectivity index (χ1n) is 8.78. The Kier molecular flexibility index (Phi) is 4.98. The molecular weight excluding hydrogens is 350 g/mol. The quantitative estimate of drug-likeness (QED) is 0.501. The van der Waals surface area contributed by atoms with Gasteiger partial charge in [0.1, 0.15) is 11.6 Å². The van der Waals surface area contributed by atoms with Gasteiger partial charge in [-0.25, -0.2) is 4.98 Å². The Morgan fingerprint density at radius 3 is 2.61 bits per heavy atom. The van der Waals surface area contributed by atoms with Crippen molar-refractivity contribution in [2.45, 2.75) is 6.54 Å². The summed E-state index contributed by atoms with van der Waals surface area (Å²) in [5.41, 5.74) is 3.10. The second kappa shape index (κ2) is 8.06. The number of nitriles is 1. The Hall–Kier alpha value is -4.11. The molecule has 0 bridgehead atoms. The highest BCUT2D eigenvalue weighted by atomic mass is 16.3. The smallest absolute Gasteiger partial charge is 0.229 e. The molecule has 4 rings (SSSR count). The highest BCUT2D eigenvalue weighted by Crippen LogP contribution is 2.23. The van der Waals surface area contributed by atoms with Gasteiger partial charge in [-0.3, -0.25) is 0 Å². The van der Waals surface area contributed by atoms with E-state index in [0.717, 1.165) is 22.7 Å². The maximum absolute atomic E-state index is 9.10. The SMILES string of the molecule is N#Cc1cccc(Nc2nc(NCc3ccco3)cc(-c3ccccc3)n2)c1. The van der Waals surface area contributed by atoms with Crippen LogP contribution in [0, 0.1) is 11.3 Å². The molecule has 2 aromatic carbocycles. The highest BCUT2D eigenvalue weighted by molar-refractivity contribution is 5.66. The summed E-state index contributed by atoms with van der Waals surface area (Å²) in [4.78, 5) is 9.18. The normalized spacial score (nSPS) is 10.2. The molecule has 2 N–H and O–H groups in total. The minimum absolute atomic E-state index is 0.443. The molecule has 0 fully saturated rings. The van der Waals surface area contributed by atoms with E-state index in [-0.39, 0.29) is 0 Å².